The minimum atomic E-state index is -3.36. The van der Waals surface area contributed by atoms with Crippen LogP contribution in [-0.4, -0.2) is 47.7 Å². The molecule has 1 unspecified atom stereocenters. The van der Waals surface area contributed by atoms with Crippen molar-refractivity contribution in [2.75, 3.05) is 13.1 Å². The van der Waals surface area contributed by atoms with Gasteiger partial charge in [0.15, 0.2) is 0 Å². The molecule has 33 heavy (non-hydrogen) atoms. The van der Waals surface area contributed by atoms with Crippen LogP contribution in [0.25, 0.3) is 0 Å². The summed E-state index contributed by atoms with van der Waals surface area (Å²) in [6, 6.07) is 0.548. The Morgan fingerprint density at radius 1 is 1.24 bits per heavy atom. The number of alkyl halides is 2. The zero-order valence-corrected chi connectivity index (χ0v) is 18.2. The zero-order valence-electron chi connectivity index (χ0n) is 18.2. The van der Waals surface area contributed by atoms with Crippen LogP contribution in [-0.2, 0) is 20.8 Å². The summed E-state index contributed by atoms with van der Waals surface area (Å²) in [4.78, 5) is 39.2. The van der Waals surface area contributed by atoms with Crippen LogP contribution in [0.3, 0.4) is 0 Å². The van der Waals surface area contributed by atoms with Gasteiger partial charge in [0.1, 0.15) is 17.4 Å². The fourth-order valence-corrected chi connectivity index (χ4v) is 4.17. The Hall–Kier alpha value is -3.11. The van der Waals surface area contributed by atoms with Crippen molar-refractivity contribution in [2.24, 2.45) is 16.1 Å². The van der Waals surface area contributed by atoms with Crippen LogP contribution in [0, 0.1) is 17.6 Å². The monoisotopic (exact) mass is 468 g/mol. The zero-order chi connectivity index (χ0) is 24.3. The molecule has 178 valence electrons. The molecule has 1 saturated heterocycles. The van der Waals surface area contributed by atoms with E-state index in [1.54, 1.807) is 13.0 Å². The second-order valence-corrected chi connectivity index (χ2v) is 8.00. The molecule has 2 heterocycles. The van der Waals surface area contributed by atoms with Crippen LogP contribution in [0.1, 0.15) is 44.2 Å². The van der Waals surface area contributed by atoms with Gasteiger partial charge in [-0.1, -0.05) is 13.0 Å². The Morgan fingerprint density at radius 3 is 2.58 bits per heavy atom. The Morgan fingerprint density at radius 2 is 1.97 bits per heavy atom. The van der Waals surface area contributed by atoms with Crippen molar-refractivity contribution in [3.8, 4) is 0 Å². The number of amides is 2. The first-order valence-electron chi connectivity index (χ1n) is 10.6. The number of azo groups is 1. The number of likely N-dealkylation sites (tertiary alicyclic amines) is 1. The summed E-state index contributed by atoms with van der Waals surface area (Å²) in [6.07, 6.45) is -1.39. The molecule has 2 aliphatic heterocycles. The van der Waals surface area contributed by atoms with E-state index in [4.69, 9.17) is 0 Å². The molecule has 1 N–H and O–H groups in total. The molecule has 0 saturated carbocycles. The number of nitrogens with zero attached hydrogens (tertiary/aromatic N) is 3. The minimum Gasteiger partial charge on any atom is -0.339 e. The van der Waals surface area contributed by atoms with E-state index >= 15 is 0 Å². The van der Waals surface area contributed by atoms with Gasteiger partial charge in [-0.15, -0.1) is 0 Å². The maximum atomic E-state index is 14.3. The molecule has 1 aromatic carbocycles. The maximum Gasteiger partial charge on any atom is 0.312 e. The van der Waals surface area contributed by atoms with E-state index in [9.17, 15) is 31.9 Å². The lowest BCUT2D eigenvalue weighted by atomic mass is 9.91. The van der Waals surface area contributed by atoms with Gasteiger partial charge in [-0.05, 0) is 37.5 Å². The first kappa shape index (κ1) is 24.5. The number of halogens is 4. The van der Waals surface area contributed by atoms with Crippen molar-refractivity contribution in [3.05, 3.63) is 46.7 Å². The maximum absolute atomic E-state index is 14.3. The van der Waals surface area contributed by atoms with Gasteiger partial charge >= 0.3 is 11.8 Å². The number of nitrogens with one attached hydrogen (secondary N) is 1. The van der Waals surface area contributed by atoms with Crippen molar-refractivity contribution in [1.82, 2.24) is 10.2 Å². The molecule has 2 amide bonds. The van der Waals surface area contributed by atoms with Crippen LogP contribution in [0.4, 0.5) is 17.6 Å². The van der Waals surface area contributed by atoms with Crippen LogP contribution in [0.15, 0.2) is 34.1 Å². The topological polar surface area (TPSA) is 91.2 Å². The number of benzene rings is 1. The Bertz CT molecular complexity index is 1010. The van der Waals surface area contributed by atoms with Crippen LogP contribution in [0.5, 0.6) is 0 Å². The number of rotatable bonds is 7. The van der Waals surface area contributed by atoms with Gasteiger partial charge in [-0.3, -0.25) is 14.4 Å². The highest BCUT2D eigenvalue weighted by molar-refractivity contribution is 6.35. The lowest BCUT2D eigenvalue weighted by Gasteiger charge is -2.25. The molecule has 0 aromatic heterocycles. The summed E-state index contributed by atoms with van der Waals surface area (Å²) in [7, 11) is 0. The van der Waals surface area contributed by atoms with Crippen molar-refractivity contribution < 1.29 is 31.9 Å². The van der Waals surface area contributed by atoms with E-state index in [2.05, 4.69) is 15.5 Å². The quantitative estimate of drug-likeness (QED) is 0.491. The largest absolute Gasteiger partial charge is 0.339 e. The highest BCUT2D eigenvalue weighted by Gasteiger charge is 2.40. The van der Waals surface area contributed by atoms with E-state index < -0.39 is 65.6 Å². The lowest BCUT2D eigenvalue weighted by molar-refractivity contribution is -0.147. The first-order chi connectivity index (χ1) is 15.6. The summed E-state index contributed by atoms with van der Waals surface area (Å²) >= 11 is 0. The molecule has 0 spiro atoms. The molecule has 0 aliphatic carbocycles. The molecular formula is C22H24F4N4O3. The molecular weight excluding hydrogens is 444 g/mol. The Kier molecular flexibility index (Phi) is 7.60. The molecule has 2 aliphatic rings. The molecule has 0 radical (unpaired) electrons. The summed E-state index contributed by atoms with van der Waals surface area (Å²) < 4.78 is 53.7. The average molecular weight is 468 g/mol. The smallest absolute Gasteiger partial charge is 0.312 e. The number of hydrogen-bond donors (Lipinski definition) is 1. The summed E-state index contributed by atoms with van der Waals surface area (Å²) in [5.41, 5.74) is -1.13. The number of hydrogen-bond acceptors (Lipinski definition) is 5. The van der Waals surface area contributed by atoms with E-state index in [0.717, 1.165) is 6.07 Å². The second kappa shape index (κ2) is 10.2. The molecule has 1 aromatic rings. The third kappa shape index (κ3) is 5.12. The third-order valence-electron chi connectivity index (χ3n) is 6.05. The van der Waals surface area contributed by atoms with Gasteiger partial charge in [0.25, 0.3) is 6.43 Å². The number of carbonyl (C=O) groups excluding carboxylic acids is 3. The fourth-order valence-electron chi connectivity index (χ4n) is 4.17. The number of ketones is 1. The van der Waals surface area contributed by atoms with E-state index in [-0.39, 0.29) is 18.5 Å². The van der Waals surface area contributed by atoms with E-state index in [1.165, 1.54) is 4.90 Å². The predicted molar refractivity (Wildman–Crippen MR) is 109 cm³/mol. The first-order valence-corrected chi connectivity index (χ1v) is 10.6. The number of Topliss-reactive ketones (excluding diaryl/α,β-unsaturated/α-hetero) is 1. The van der Waals surface area contributed by atoms with Gasteiger partial charge in [-0.25, -0.2) is 17.6 Å². The van der Waals surface area contributed by atoms with Gasteiger partial charge in [0.05, 0.1) is 23.8 Å². The van der Waals surface area contributed by atoms with Crippen molar-refractivity contribution >= 4 is 17.6 Å². The van der Waals surface area contributed by atoms with Crippen LogP contribution in [0.2, 0.25) is 0 Å². The van der Waals surface area contributed by atoms with E-state index in [1.807, 2.05) is 6.92 Å². The van der Waals surface area contributed by atoms with E-state index in [0.29, 0.717) is 24.7 Å². The van der Waals surface area contributed by atoms with Gasteiger partial charge in [0, 0.05) is 24.9 Å². The third-order valence-corrected chi connectivity index (χ3v) is 6.05. The van der Waals surface area contributed by atoms with Crippen LogP contribution < -0.4 is 5.32 Å². The van der Waals surface area contributed by atoms with Crippen molar-refractivity contribution in [1.29, 1.82) is 0 Å². The molecule has 7 nitrogen and oxygen atoms in total. The van der Waals surface area contributed by atoms with Crippen molar-refractivity contribution in [3.63, 3.8) is 0 Å². The molecule has 3 atom stereocenters. The molecule has 11 heteroatoms. The van der Waals surface area contributed by atoms with Gasteiger partial charge < -0.3 is 10.2 Å². The van der Waals surface area contributed by atoms with Crippen LogP contribution >= 0.6 is 0 Å². The predicted octanol–water partition coefficient (Wildman–Crippen LogP) is 3.50. The Balaban J connectivity index is 1.65. The molecule has 1 fully saturated rings. The fraction of sp³-hybridized carbons (Fsp3) is 0.500. The normalized spacial score (nSPS) is 20.8. The second-order valence-electron chi connectivity index (χ2n) is 8.00. The van der Waals surface area contributed by atoms with Gasteiger partial charge in [-0.2, -0.15) is 10.2 Å². The lowest BCUT2D eigenvalue weighted by Crippen LogP contribution is -2.48. The summed E-state index contributed by atoms with van der Waals surface area (Å²) in [6.45, 7) is 3.97. The summed E-state index contributed by atoms with van der Waals surface area (Å²) in [5, 5.41) is 10.4. The Labute approximate surface area is 187 Å². The standard InChI is InChI=1S/C22H24F4N4O3/c1-3-15(16-6-8-27-29-16)28-21(32)22(33)30-9-7-13(11(30)2)17(31)10-12-4-5-14(23)18(19(12)24)20(25)26/h4-6,11,13,15,20H,3,7-10H2,1-2H3,(H,28,32)/t11-,13-,15?/m0/s1. The molecule has 0 bridgehead atoms. The summed E-state index contributed by atoms with van der Waals surface area (Å²) in [5.74, 6) is -5.66. The highest BCUT2D eigenvalue weighted by atomic mass is 19.3. The van der Waals surface area contributed by atoms with Gasteiger partial charge in [0.2, 0.25) is 0 Å². The number of carbonyl (C=O) groups is 3. The SMILES string of the molecule is CCC(NC(=O)C(=O)N1CC[C@H](C(=O)Cc2ccc(F)c(C(F)F)c2F)[C@@H]1C)C1=CCN=N1. The average Bonchev–Trinajstić information content (AvgIpc) is 3.43. The minimum absolute atomic E-state index is 0.136. The highest BCUT2D eigenvalue weighted by Crippen LogP contribution is 2.30. The molecule has 3 rings (SSSR count). The van der Waals surface area contributed by atoms with Crippen molar-refractivity contribution in [2.45, 2.75) is 51.6 Å².